The Balaban J connectivity index is 1.84. The molecule has 150 valence electrons. The summed E-state index contributed by atoms with van der Waals surface area (Å²) >= 11 is 0. The van der Waals surface area contributed by atoms with Crippen molar-refractivity contribution >= 4 is 12.1 Å². The Morgan fingerprint density at radius 2 is 1.96 bits per heavy atom. The number of alkyl carbamates (subject to hydrolysis) is 1. The normalized spacial score (nSPS) is 24.8. The Morgan fingerprint density at radius 3 is 2.58 bits per heavy atom. The van der Waals surface area contributed by atoms with Crippen LogP contribution < -0.4 is 10.6 Å². The van der Waals surface area contributed by atoms with E-state index >= 15 is 0 Å². The van der Waals surface area contributed by atoms with Crippen molar-refractivity contribution in [3.8, 4) is 0 Å². The summed E-state index contributed by atoms with van der Waals surface area (Å²) in [5, 5.41) is 6.38. The van der Waals surface area contributed by atoms with Crippen LogP contribution in [0.4, 0.5) is 4.79 Å². The first-order valence-corrected chi connectivity index (χ1v) is 10.1. The van der Waals surface area contributed by atoms with E-state index in [0.29, 0.717) is 5.92 Å². The first-order valence-electron chi connectivity index (χ1n) is 10.1. The first kappa shape index (κ1) is 20.8. The van der Waals surface area contributed by atoms with Crippen molar-refractivity contribution in [1.82, 2.24) is 20.4 Å². The molecule has 2 N–H and O–H groups in total. The van der Waals surface area contributed by atoms with E-state index in [4.69, 9.17) is 9.73 Å². The van der Waals surface area contributed by atoms with Gasteiger partial charge >= 0.3 is 6.09 Å². The number of aliphatic imine (C=N–C) groups is 1. The van der Waals surface area contributed by atoms with Crippen molar-refractivity contribution in [2.24, 2.45) is 10.9 Å². The van der Waals surface area contributed by atoms with E-state index in [0.717, 1.165) is 51.6 Å². The molecule has 2 aliphatic rings. The summed E-state index contributed by atoms with van der Waals surface area (Å²) in [6.45, 7) is 16.8. The first-order chi connectivity index (χ1) is 12.3. The molecule has 2 saturated heterocycles. The summed E-state index contributed by atoms with van der Waals surface area (Å²) in [7, 11) is 0. The molecule has 0 aromatic carbocycles. The minimum Gasteiger partial charge on any atom is -0.444 e. The number of guanidine groups is 1. The molecule has 2 unspecified atom stereocenters. The lowest BCUT2D eigenvalue weighted by Crippen LogP contribution is -2.44. The molecule has 0 aromatic heterocycles. The summed E-state index contributed by atoms with van der Waals surface area (Å²) in [5.41, 5.74) is -0.466. The molecular weight excluding hydrogens is 330 g/mol. The molecule has 2 atom stereocenters. The van der Waals surface area contributed by atoms with Crippen molar-refractivity contribution in [2.75, 3.05) is 45.8 Å². The third-order valence-corrected chi connectivity index (χ3v) is 4.86. The van der Waals surface area contributed by atoms with Crippen LogP contribution in [0.15, 0.2) is 4.99 Å². The van der Waals surface area contributed by atoms with Crippen LogP contribution in [0.2, 0.25) is 0 Å². The fraction of sp³-hybridized carbons (Fsp3) is 0.895. The van der Waals surface area contributed by atoms with Crippen LogP contribution >= 0.6 is 0 Å². The van der Waals surface area contributed by atoms with Crippen molar-refractivity contribution < 1.29 is 9.53 Å². The highest BCUT2D eigenvalue weighted by molar-refractivity contribution is 5.80. The topological polar surface area (TPSA) is 69.2 Å². The third kappa shape index (κ3) is 6.67. The van der Waals surface area contributed by atoms with Gasteiger partial charge in [-0.1, -0.05) is 6.92 Å². The largest absolute Gasteiger partial charge is 0.444 e. The number of nitrogens with one attached hydrogen (secondary N) is 2. The van der Waals surface area contributed by atoms with Crippen molar-refractivity contribution in [2.45, 2.75) is 59.1 Å². The number of amides is 1. The second kappa shape index (κ2) is 9.44. The van der Waals surface area contributed by atoms with Crippen LogP contribution in [-0.4, -0.2) is 79.3 Å². The van der Waals surface area contributed by atoms with E-state index in [1.54, 1.807) is 0 Å². The smallest absolute Gasteiger partial charge is 0.407 e. The average molecular weight is 368 g/mol. The highest BCUT2D eigenvalue weighted by Gasteiger charge is 2.28. The van der Waals surface area contributed by atoms with Crippen LogP contribution in [0, 0.1) is 5.92 Å². The summed E-state index contributed by atoms with van der Waals surface area (Å²) in [6.07, 6.45) is 1.81. The number of carbonyl (C=O) groups is 1. The van der Waals surface area contributed by atoms with Gasteiger partial charge in [-0.05, 0) is 59.5 Å². The van der Waals surface area contributed by atoms with Crippen LogP contribution in [0.25, 0.3) is 0 Å². The Morgan fingerprint density at radius 1 is 1.19 bits per heavy atom. The second-order valence-corrected chi connectivity index (χ2v) is 8.32. The Bertz CT molecular complexity index is 489. The number of hydrogen-bond donors (Lipinski definition) is 2. The van der Waals surface area contributed by atoms with Crippen LogP contribution in [0.5, 0.6) is 0 Å². The molecule has 0 radical (unpaired) electrons. The van der Waals surface area contributed by atoms with Gasteiger partial charge in [0.05, 0.1) is 6.04 Å². The third-order valence-electron chi connectivity index (χ3n) is 4.86. The maximum Gasteiger partial charge on any atom is 0.407 e. The molecule has 0 saturated carbocycles. The highest BCUT2D eigenvalue weighted by atomic mass is 16.6. The fourth-order valence-corrected chi connectivity index (χ4v) is 3.54. The SMILES string of the molecule is CCNC(=NCC1CCN(CC)C1)N1CCC(NC(=O)OC(C)(C)C)C1. The van der Waals surface area contributed by atoms with E-state index in [9.17, 15) is 4.79 Å². The lowest BCUT2D eigenvalue weighted by atomic mass is 10.1. The zero-order valence-corrected chi connectivity index (χ0v) is 17.2. The van der Waals surface area contributed by atoms with Gasteiger partial charge < -0.3 is 25.2 Å². The molecule has 0 aromatic rings. The number of likely N-dealkylation sites (tertiary alicyclic amines) is 2. The van der Waals surface area contributed by atoms with Crippen LogP contribution in [0.1, 0.15) is 47.5 Å². The fourth-order valence-electron chi connectivity index (χ4n) is 3.54. The van der Waals surface area contributed by atoms with Gasteiger partial charge in [-0.2, -0.15) is 0 Å². The van der Waals surface area contributed by atoms with Gasteiger partial charge in [0.1, 0.15) is 5.60 Å². The quantitative estimate of drug-likeness (QED) is 0.574. The molecule has 0 bridgehead atoms. The molecule has 2 fully saturated rings. The molecule has 26 heavy (non-hydrogen) atoms. The molecular formula is C19H37N5O2. The Labute approximate surface area is 158 Å². The minimum atomic E-state index is -0.466. The van der Waals surface area contributed by atoms with Gasteiger partial charge in [0, 0.05) is 32.7 Å². The van der Waals surface area contributed by atoms with Crippen molar-refractivity contribution in [3.63, 3.8) is 0 Å². The van der Waals surface area contributed by atoms with E-state index in [2.05, 4.69) is 34.3 Å². The van der Waals surface area contributed by atoms with E-state index < -0.39 is 5.60 Å². The molecule has 2 heterocycles. The summed E-state index contributed by atoms with van der Waals surface area (Å²) in [6, 6.07) is 0.107. The molecule has 1 amide bonds. The Hall–Kier alpha value is -1.50. The number of carbonyl (C=O) groups excluding carboxylic acids is 1. The number of nitrogens with zero attached hydrogens (tertiary/aromatic N) is 3. The predicted molar refractivity (Wildman–Crippen MR) is 106 cm³/mol. The zero-order chi connectivity index (χ0) is 19.2. The number of hydrogen-bond acceptors (Lipinski definition) is 4. The van der Waals surface area contributed by atoms with Gasteiger partial charge in [0.2, 0.25) is 0 Å². The van der Waals surface area contributed by atoms with E-state index in [1.165, 1.54) is 13.0 Å². The highest BCUT2D eigenvalue weighted by Crippen LogP contribution is 2.17. The number of rotatable bonds is 5. The lowest BCUT2D eigenvalue weighted by molar-refractivity contribution is 0.0507. The van der Waals surface area contributed by atoms with Crippen molar-refractivity contribution in [3.05, 3.63) is 0 Å². The maximum absolute atomic E-state index is 12.0. The summed E-state index contributed by atoms with van der Waals surface area (Å²) < 4.78 is 5.36. The molecule has 0 aliphatic carbocycles. The molecule has 0 spiro atoms. The van der Waals surface area contributed by atoms with Gasteiger partial charge in [-0.15, -0.1) is 0 Å². The Kier molecular flexibility index (Phi) is 7.55. The molecule has 7 nitrogen and oxygen atoms in total. The van der Waals surface area contributed by atoms with Gasteiger partial charge in [-0.25, -0.2) is 4.79 Å². The molecule has 2 rings (SSSR count). The predicted octanol–water partition coefficient (Wildman–Crippen LogP) is 1.89. The van der Waals surface area contributed by atoms with Gasteiger partial charge in [0.25, 0.3) is 0 Å². The summed E-state index contributed by atoms with van der Waals surface area (Å²) in [4.78, 5) is 21.6. The standard InChI is InChI=1S/C19H37N5O2/c1-6-20-17(21-12-15-8-10-23(7-2)13-15)24-11-9-16(14-24)22-18(25)26-19(3,4)5/h15-16H,6-14H2,1-5H3,(H,20,21)(H,22,25). The second-order valence-electron chi connectivity index (χ2n) is 8.32. The van der Waals surface area contributed by atoms with Gasteiger partial charge in [-0.3, -0.25) is 4.99 Å². The maximum atomic E-state index is 12.0. The van der Waals surface area contributed by atoms with Crippen LogP contribution in [0.3, 0.4) is 0 Å². The van der Waals surface area contributed by atoms with Crippen LogP contribution in [-0.2, 0) is 4.74 Å². The monoisotopic (exact) mass is 367 g/mol. The minimum absolute atomic E-state index is 0.107. The molecule has 2 aliphatic heterocycles. The van der Waals surface area contributed by atoms with E-state index in [1.807, 2.05) is 20.8 Å². The zero-order valence-electron chi connectivity index (χ0n) is 17.2. The average Bonchev–Trinajstić information content (AvgIpc) is 3.18. The summed E-state index contributed by atoms with van der Waals surface area (Å²) in [5.74, 6) is 1.62. The lowest BCUT2D eigenvalue weighted by Gasteiger charge is -2.23. The van der Waals surface area contributed by atoms with E-state index in [-0.39, 0.29) is 12.1 Å². The number of ether oxygens (including phenoxy) is 1. The van der Waals surface area contributed by atoms with Gasteiger partial charge in [0.15, 0.2) is 5.96 Å². The molecule has 7 heteroatoms. The van der Waals surface area contributed by atoms with Crippen molar-refractivity contribution in [1.29, 1.82) is 0 Å².